The summed E-state index contributed by atoms with van der Waals surface area (Å²) in [4.78, 5) is 46.9. The van der Waals surface area contributed by atoms with Crippen molar-refractivity contribution < 1.29 is 24.3 Å². The molecular weight excluding hydrogens is 372 g/mol. The standard InChI is InChI=1S/C17H24N4O5S/c18-11(9-27)15(23)21-13(8-10-4-2-1-3-5-10)16(24)20-12(17(25)26)6-7-14(19)22/h1-5,11-13,27H,6-9,18H2,(H2,19,22)(H,20,24)(H,21,23)(H,25,26). The first-order valence-corrected chi connectivity index (χ1v) is 8.90. The van der Waals surface area contributed by atoms with E-state index in [0.29, 0.717) is 0 Å². The molecule has 1 aromatic carbocycles. The van der Waals surface area contributed by atoms with E-state index in [2.05, 4.69) is 23.3 Å². The van der Waals surface area contributed by atoms with Gasteiger partial charge in [-0.05, 0) is 12.0 Å². The van der Waals surface area contributed by atoms with Gasteiger partial charge in [-0.2, -0.15) is 12.6 Å². The summed E-state index contributed by atoms with van der Waals surface area (Å²) in [5.74, 6) is -3.17. The first-order valence-electron chi connectivity index (χ1n) is 8.26. The number of carboxylic acid groups (broad SMARTS) is 1. The summed E-state index contributed by atoms with van der Waals surface area (Å²) >= 11 is 3.95. The molecule has 1 aromatic rings. The van der Waals surface area contributed by atoms with E-state index in [1.165, 1.54) is 0 Å². The van der Waals surface area contributed by atoms with Gasteiger partial charge in [-0.25, -0.2) is 4.79 Å². The average Bonchev–Trinajstić information content (AvgIpc) is 2.63. The molecule has 3 amide bonds. The van der Waals surface area contributed by atoms with Gasteiger partial charge < -0.3 is 27.2 Å². The highest BCUT2D eigenvalue weighted by atomic mass is 32.1. The van der Waals surface area contributed by atoms with Crippen LogP contribution in [0, 0.1) is 0 Å². The Bertz CT molecular complexity index is 671. The predicted octanol–water partition coefficient (Wildman–Crippen LogP) is -1.19. The molecule has 0 spiro atoms. The van der Waals surface area contributed by atoms with Crippen LogP contribution in [0.25, 0.3) is 0 Å². The number of thiol groups is 1. The first kappa shape index (κ1) is 22.5. The van der Waals surface area contributed by atoms with Crippen LogP contribution >= 0.6 is 12.6 Å². The van der Waals surface area contributed by atoms with Crippen molar-refractivity contribution in [3.05, 3.63) is 35.9 Å². The fourth-order valence-electron chi connectivity index (χ4n) is 2.24. The Balaban J connectivity index is 2.91. The maximum atomic E-state index is 12.6. The number of nitrogens with two attached hydrogens (primary N) is 2. The molecule has 7 N–H and O–H groups in total. The number of hydrogen-bond acceptors (Lipinski definition) is 6. The van der Waals surface area contributed by atoms with Crippen LogP contribution in [-0.4, -0.2) is 52.7 Å². The van der Waals surface area contributed by atoms with E-state index < -0.39 is 41.8 Å². The second-order valence-electron chi connectivity index (χ2n) is 5.94. The minimum absolute atomic E-state index is 0.0852. The number of aliphatic carboxylic acids is 1. The minimum atomic E-state index is -1.31. The summed E-state index contributed by atoms with van der Waals surface area (Å²) in [6, 6.07) is 5.64. The topological polar surface area (TPSA) is 165 Å². The molecule has 0 fully saturated rings. The molecule has 0 saturated heterocycles. The number of hydrogen-bond donors (Lipinski definition) is 6. The minimum Gasteiger partial charge on any atom is -0.480 e. The summed E-state index contributed by atoms with van der Waals surface area (Å²) in [7, 11) is 0. The molecule has 3 atom stereocenters. The van der Waals surface area contributed by atoms with E-state index >= 15 is 0 Å². The summed E-state index contributed by atoms with van der Waals surface area (Å²) in [5, 5.41) is 14.1. The molecule has 1 rings (SSSR count). The molecule has 0 heterocycles. The Labute approximate surface area is 162 Å². The molecule has 0 aliphatic heterocycles. The van der Waals surface area contributed by atoms with Crippen molar-refractivity contribution in [2.24, 2.45) is 11.5 Å². The van der Waals surface area contributed by atoms with Gasteiger partial charge in [0.05, 0.1) is 6.04 Å². The van der Waals surface area contributed by atoms with Crippen LogP contribution in [0.5, 0.6) is 0 Å². The van der Waals surface area contributed by atoms with Gasteiger partial charge in [0.2, 0.25) is 17.7 Å². The van der Waals surface area contributed by atoms with Crippen molar-refractivity contribution in [2.75, 3.05) is 5.75 Å². The van der Waals surface area contributed by atoms with Crippen LogP contribution in [0.3, 0.4) is 0 Å². The highest BCUT2D eigenvalue weighted by Crippen LogP contribution is 2.06. The van der Waals surface area contributed by atoms with Crippen molar-refractivity contribution >= 4 is 36.3 Å². The number of primary amides is 1. The van der Waals surface area contributed by atoms with Gasteiger partial charge in [-0.1, -0.05) is 30.3 Å². The van der Waals surface area contributed by atoms with Gasteiger partial charge in [0.25, 0.3) is 0 Å². The van der Waals surface area contributed by atoms with E-state index in [0.717, 1.165) is 5.56 Å². The lowest BCUT2D eigenvalue weighted by atomic mass is 10.0. The van der Waals surface area contributed by atoms with Crippen LogP contribution < -0.4 is 22.1 Å². The third-order valence-corrected chi connectivity index (χ3v) is 4.14. The molecule has 0 aliphatic carbocycles. The average molecular weight is 396 g/mol. The molecule has 3 unspecified atom stereocenters. The zero-order valence-electron chi connectivity index (χ0n) is 14.6. The number of rotatable bonds is 11. The van der Waals surface area contributed by atoms with Crippen LogP contribution in [0.2, 0.25) is 0 Å². The number of nitrogens with one attached hydrogen (secondary N) is 2. The lowest BCUT2D eigenvalue weighted by molar-refractivity contribution is -0.142. The molecule has 148 valence electrons. The Morgan fingerprint density at radius 3 is 2.15 bits per heavy atom. The molecule has 9 nitrogen and oxygen atoms in total. The third-order valence-electron chi connectivity index (χ3n) is 3.74. The molecule has 10 heteroatoms. The second kappa shape index (κ2) is 11.2. The van der Waals surface area contributed by atoms with Crippen molar-refractivity contribution in [3.63, 3.8) is 0 Å². The highest BCUT2D eigenvalue weighted by Gasteiger charge is 2.28. The quantitative estimate of drug-likeness (QED) is 0.257. The molecular formula is C17H24N4O5S. The van der Waals surface area contributed by atoms with Crippen molar-refractivity contribution in [2.45, 2.75) is 37.4 Å². The van der Waals surface area contributed by atoms with Gasteiger partial charge in [0.1, 0.15) is 12.1 Å². The molecule has 0 radical (unpaired) electrons. The predicted molar refractivity (Wildman–Crippen MR) is 102 cm³/mol. The van der Waals surface area contributed by atoms with Crippen molar-refractivity contribution in [1.82, 2.24) is 10.6 Å². The molecule has 0 saturated carbocycles. The lowest BCUT2D eigenvalue weighted by Crippen LogP contribution is -2.55. The van der Waals surface area contributed by atoms with Gasteiger partial charge in [-0.15, -0.1) is 0 Å². The smallest absolute Gasteiger partial charge is 0.326 e. The fourth-order valence-corrected chi connectivity index (χ4v) is 2.40. The molecule has 0 aliphatic rings. The summed E-state index contributed by atoms with van der Waals surface area (Å²) in [6.07, 6.45) is -0.212. The number of carboxylic acids is 1. The maximum Gasteiger partial charge on any atom is 0.326 e. The Kier molecular flexibility index (Phi) is 9.31. The summed E-state index contributed by atoms with van der Waals surface area (Å²) in [5.41, 5.74) is 11.4. The van der Waals surface area contributed by atoms with Crippen LogP contribution in [-0.2, 0) is 25.6 Å². The normalized spacial score (nSPS) is 13.9. The lowest BCUT2D eigenvalue weighted by Gasteiger charge is -2.22. The SMILES string of the molecule is NC(=O)CCC(NC(=O)C(Cc1ccccc1)NC(=O)C(N)CS)C(=O)O. The zero-order chi connectivity index (χ0) is 20.4. The molecule has 0 aromatic heterocycles. The fraction of sp³-hybridized carbons (Fsp3) is 0.412. The highest BCUT2D eigenvalue weighted by molar-refractivity contribution is 7.80. The Morgan fingerprint density at radius 1 is 1.04 bits per heavy atom. The number of carbonyl (C=O) groups excluding carboxylic acids is 3. The second-order valence-corrected chi connectivity index (χ2v) is 6.31. The van der Waals surface area contributed by atoms with Gasteiger partial charge in [-0.3, -0.25) is 14.4 Å². The first-order chi connectivity index (χ1) is 12.7. The van der Waals surface area contributed by atoms with Crippen LogP contribution in [0.4, 0.5) is 0 Å². The zero-order valence-corrected chi connectivity index (χ0v) is 15.5. The number of carbonyl (C=O) groups is 4. The Morgan fingerprint density at radius 2 is 1.63 bits per heavy atom. The maximum absolute atomic E-state index is 12.6. The summed E-state index contributed by atoms with van der Waals surface area (Å²) in [6.45, 7) is 0. The van der Waals surface area contributed by atoms with Crippen LogP contribution in [0.15, 0.2) is 30.3 Å². The van der Waals surface area contributed by atoms with Crippen molar-refractivity contribution in [1.29, 1.82) is 0 Å². The molecule has 0 bridgehead atoms. The van der Waals surface area contributed by atoms with Gasteiger partial charge in [0, 0.05) is 18.6 Å². The van der Waals surface area contributed by atoms with E-state index in [1.54, 1.807) is 30.3 Å². The van der Waals surface area contributed by atoms with Crippen molar-refractivity contribution in [3.8, 4) is 0 Å². The van der Waals surface area contributed by atoms with Gasteiger partial charge >= 0.3 is 5.97 Å². The third kappa shape index (κ3) is 8.09. The largest absolute Gasteiger partial charge is 0.480 e. The van der Waals surface area contributed by atoms with E-state index in [4.69, 9.17) is 11.5 Å². The number of amides is 3. The summed E-state index contributed by atoms with van der Waals surface area (Å²) < 4.78 is 0. The van der Waals surface area contributed by atoms with E-state index in [1.807, 2.05) is 0 Å². The number of benzene rings is 1. The molecule has 27 heavy (non-hydrogen) atoms. The monoisotopic (exact) mass is 396 g/mol. The van der Waals surface area contributed by atoms with E-state index in [-0.39, 0.29) is 25.0 Å². The van der Waals surface area contributed by atoms with E-state index in [9.17, 15) is 24.3 Å². The Hall–Kier alpha value is -2.59. The van der Waals surface area contributed by atoms with Crippen LogP contribution in [0.1, 0.15) is 18.4 Å². The van der Waals surface area contributed by atoms with Gasteiger partial charge in [0.15, 0.2) is 0 Å².